The first kappa shape index (κ1) is 22.2. The van der Waals surface area contributed by atoms with E-state index in [1.165, 1.54) is 28.1 Å². The highest BCUT2D eigenvalue weighted by molar-refractivity contribution is 7.88. The van der Waals surface area contributed by atoms with Gasteiger partial charge >= 0.3 is 0 Å². The van der Waals surface area contributed by atoms with Gasteiger partial charge in [-0.1, -0.05) is 38.1 Å². The molecule has 0 spiro atoms. The smallest absolute Gasteiger partial charge is 0.223 e. The number of nitrogens with zero attached hydrogens (tertiary/aromatic N) is 2. The van der Waals surface area contributed by atoms with Crippen molar-refractivity contribution in [3.05, 3.63) is 35.4 Å². The fourth-order valence-corrected chi connectivity index (χ4v) is 5.70. The van der Waals surface area contributed by atoms with Crippen LogP contribution in [0.25, 0.3) is 0 Å². The van der Waals surface area contributed by atoms with Gasteiger partial charge in [-0.3, -0.25) is 9.69 Å². The van der Waals surface area contributed by atoms with Gasteiger partial charge in [-0.2, -0.15) is 0 Å². The monoisotopic (exact) mass is 421 g/mol. The predicted octanol–water partition coefficient (Wildman–Crippen LogP) is 2.45. The second-order valence-electron chi connectivity index (χ2n) is 9.06. The van der Waals surface area contributed by atoms with Crippen LogP contribution in [0.15, 0.2) is 24.3 Å². The van der Waals surface area contributed by atoms with Crippen LogP contribution < -0.4 is 5.32 Å². The molecule has 0 aliphatic carbocycles. The highest BCUT2D eigenvalue weighted by atomic mass is 32.2. The molecule has 0 bridgehead atoms. The van der Waals surface area contributed by atoms with Crippen molar-refractivity contribution in [1.29, 1.82) is 0 Å². The molecule has 2 saturated heterocycles. The van der Waals surface area contributed by atoms with Crippen LogP contribution in [0.2, 0.25) is 0 Å². The van der Waals surface area contributed by atoms with Gasteiger partial charge in [0.15, 0.2) is 0 Å². The lowest BCUT2D eigenvalue weighted by Gasteiger charge is -2.35. The maximum Gasteiger partial charge on any atom is 0.223 e. The molecule has 0 saturated carbocycles. The maximum atomic E-state index is 12.6. The molecule has 1 amide bonds. The molecule has 7 heteroatoms. The third-order valence-electron chi connectivity index (χ3n) is 6.20. The standard InChI is InChI=1S/C22H35N3O3S/c1-17-12-18(2)15-24(14-17)16-21-7-5-4-6-20(21)13-23-22(26)19-8-10-25(11-9-19)29(3,27)28/h4-7,17-19H,8-16H2,1-3H3,(H,23,26)/t17-,18-/m0/s1. The Hall–Kier alpha value is -1.44. The summed E-state index contributed by atoms with van der Waals surface area (Å²) in [5.74, 6) is 1.38. The van der Waals surface area contributed by atoms with E-state index in [1.54, 1.807) is 0 Å². The Bertz CT molecular complexity index is 793. The number of benzene rings is 1. The van der Waals surface area contributed by atoms with Crippen LogP contribution >= 0.6 is 0 Å². The molecule has 2 heterocycles. The first-order valence-electron chi connectivity index (χ1n) is 10.7. The van der Waals surface area contributed by atoms with Gasteiger partial charge in [0.05, 0.1) is 6.26 Å². The van der Waals surface area contributed by atoms with Crippen LogP contribution in [0.1, 0.15) is 44.2 Å². The Kier molecular flexibility index (Phi) is 7.35. The average Bonchev–Trinajstić information content (AvgIpc) is 2.65. The molecule has 2 aliphatic rings. The molecule has 1 aromatic carbocycles. The van der Waals surface area contributed by atoms with Crippen LogP contribution in [0.5, 0.6) is 0 Å². The highest BCUT2D eigenvalue weighted by Crippen LogP contribution is 2.24. The number of rotatable bonds is 6. The zero-order chi connectivity index (χ0) is 21.0. The molecule has 29 heavy (non-hydrogen) atoms. The summed E-state index contributed by atoms with van der Waals surface area (Å²) >= 11 is 0. The van der Waals surface area contributed by atoms with E-state index < -0.39 is 10.0 Å². The Morgan fingerprint density at radius 1 is 1.07 bits per heavy atom. The highest BCUT2D eigenvalue weighted by Gasteiger charge is 2.29. The minimum absolute atomic E-state index is 0.0353. The molecule has 3 rings (SSSR count). The minimum atomic E-state index is -3.16. The molecular weight excluding hydrogens is 386 g/mol. The van der Waals surface area contributed by atoms with Crippen LogP contribution in [-0.2, 0) is 27.9 Å². The summed E-state index contributed by atoms with van der Waals surface area (Å²) in [7, 11) is -3.16. The number of nitrogens with one attached hydrogen (secondary N) is 1. The number of likely N-dealkylation sites (tertiary alicyclic amines) is 1. The van der Waals surface area contributed by atoms with E-state index in [1.807, 2.05) is 6.07 Å². The van der Waals surface area contributed by atoms with Crippen molar-refractivity contribution in [3.8, 4) is 0 Å². The second kappa shape index (κ2) is 9.58. The van der Waals surface area contributed by atoms with E-state index in [9.17, 15) is 13.2 Å². The molecule has 6 nitrogen and oxygen atoms in total. The Morgan fingerprint density at radius 2 is 1.66 bits per heavy atom. The molecule has 1 N–H and O–H groups in total. The van der Waals surface area contributed by atoms with Crippen molar-refractivity contribution in [1.82, 2.24) is 14.5 Å². The Morgan fingerprint density at radius 3 is 2.24 bits per heavy atom. The van der Waals surface area contributed by atoms with Gasteiger partial charge in [0.1, 0.15) is 0 Å². The number of sulfonamides is 1. The number of hydrogen-bond donors (Lipinski definition) is 1. The first-order chi connectivity index (χ1) is 13.7. The lowest BCUT2D eigenvalue weighted by Crippen LogP contribution is -2.42. The van der Waals surface area contributed by atoms with Crippen molar-refractivity contribution in [2.45, 2.75) is 46.2 Å². The average molecular weight is 422 g/mol. The predicted molar refractivity (Wildman–Crippen MR) is 116 cm³/mol. The van der Waals surface area contributed by atoms with E-state index in [0.717, 1.165) is 31.5 Å². The molecule has 2 atom stereocenters. The summed E-state index contributed by atoms with van der Waals surface area (Å²) in [4.78, 5) is 15.2. The third kappa shape index (κ3) is 6.27. The number of carbonyl (C=O) groups excluding carboxylic acids is 1. The maximum absolute atomic E-state index is 12.6. The summed E-state index contributed by atoms with van der Waals surface area (Å²) in [6.45, 7) is 9.22. The van der Waals surface area contributed by atoms with Crippen LogP contribution in [0.3, 0.4) is 0 Å². The van der Waals surface area contributed by atoms with Crippen molar-refractivity contribution in [2.24, 2.45) is 17.8 Å². The second-order valence-corrected chi connectivity index (χ2v) is 11.0. The Balaban J connectivity index is 1.54. The quantitative estimate of drug-likeness (QED) is 0.766. The minimum Gasteiger partial charge on any atom is -0.352 e. The number of carbonyl (C=O) groups is 1. The largest absolute Gasteiger partial charge is 0.352 e. The number of amides is 1. The zero-order valence-electron chi connectivity index (χ0n) is 17.9. The van der Waals surface area contributed by atoms with Gasteiger partial charge in [-0.05, 0) is 42.2 Å². The Labute approximate surface area is 175 Å². The molecule has 2 fully saturated rings. The first-order valence-corrected chi connectivity index (χ1v) is 12.6. The van der Waals surface area contributed by atoms with E-state index in [2.05, 4.69) is 42.3 Å². The zero-order valence-corrected chi connectivity index (χ0v) is 18.7. The van der Waals surface area contributed by atoms with Crippen LogP contribution in [0.4, 0.5) is 0 Å². The van der Waals surface area contributed by atoms with Gasteiger partial charge in [-0.25, -0.2) is 12.7 Å². The lowest BCUT2D eigenvalue weighted by molar-refractivity contribution is -0.126. The van der Waals surface area contributed by atoms with Crippen molar-refractivity contribution in [2.75, 3.05) is 32.4 Å². The summed E-state index contributed by atoms with van der Waals surface area (Å²) in [6, 6.07) is 8.35. The van der Waals surface area contributed by atoms with Gasteiger partial charge in [-0.15, -0.1) is 0 Å². The van der Waals surface area contributed by atoms with Gasteiger partial charge in [0.2, 0.25) is 15.9 Å². The fourth-order valence-electron chi connectivity index (χ4n) is 4.82. The van der Waals surface area contributed by atoms with Gasteiger partial charge < -0.3 is 5.32 Å². The summed E-state index contributed by atoms with van der Waals surface area (Å²) in [5, 5.41) is 3.09. The van der Waals surface area contributed by atoms with E-state index >= 15 is 0 Å². The summed E-state index contributed by atoms with van der Waals surface area (Å²) in [6.07, 6.45) is 3.70. The molecule has 0 unspecified atom stereocenters. The third-order valence-corrected chi connectivity index (χ3v) is 7.51. The van der Waals surface area contributed by atoms with E-state index in [4.69, 9.17) is 0 Å². The number of hydrogen-bond acceptors (Lipinski definition) is 4. The van der Waals surface area contributed by atoms with Crippen molar-refractivity contribution >= 4 is 15.9 Å². The van der Waals surface area contributed by atoms with E-state index in [-0.39, 0.29) is 11.8 Å². The number of piperidine rings is 2. The van der Waals surface area contributed by atoms with Gasteiger partial charge in [0.25, 0.3) is 0 Å². The van der Waals surface area contributed by atoms with E-state index in [0.29, 0.717) is 32.5 Å². The lowest BCUT2D eigenvalue weighted by atomic mass is 9.91. The van der Waals surface area contributed by atoms with Crippen molar-refractivity contribution in [3.63, 3.8) is 0 Å². The molecule has 0 aromatic heterocycles. The molecule has 162 valence electrons. The fraction of sp³-hybridized carbons (Fsp3) is 0.682. The summed E-state index contributed by atoms with van der Waals surface area (Å²) in [5.41, 5.74) is 2.45. The topological polar surface area (TPSA) is 69.7 Å². The van der Waals surface area contributed by atoms with Crippen LogP contribution in [-0.4, -0.2) is 56.0 Å². The molecular formula is C22H35N3O3S. The normalized spacial score (nSPS) is 25.1. The van der Waals surface area contributed by atoms with Crippen LogP contribution in [0, 0.1) is 17.8 Å². The van der Waals surface area contributed by atoms with Gasteiger partial charge in [0, 0.05) is 45.2 Å². The summed E-state index contributed by atoms with van der Waals surface area (Å²) < 4.78 is 24.7. The molecule has 1 aromatic rings. The SMILES string of the molecule is C[C@H]1C[C@H](C)CN(Cc2ccccc2CNC(=O)C2CCN(S(C)(=O)=O)CC2)C1. The molecule has 2 aliphatic heterocycles. The van der Waals surface area contributed by atoms with Crippen molar-refractivity contribution < 1.29 is 13.2 Å². The molecule has 0 radical (unpaired) electrons.